The van der Waals surface area contributed by atoms with Crippen LogP contribution in [0.4, 0.5) is 0 Å². The van der Waals surface area contributed by atoms with Crippen molar-refractivity contribution < 1.29 is 54.1 Å². The summed E-state index contributed by atoms with van der Waals surface area (Å²) in [5.41, 5.74) is -3.22. The number of aromatic hydroxyl groups is 2. The molecule has 6 atom stereocenters. The van der Waals surface area contributed by atoms with E-state index in [0.717, 1.165) is 6.92 Å². The number of rotatable bonds is 4. The number of carbonyl (C=O) groups is 3. The zero-order chi connectivity index (χ0) is 27.7. The van der Waals surface area contributed by atoms with Gasteiger partial charge in [-0.1, -0.05) is 12.1 Å². The van der Waals surface area contributed by atoms with E-state index >= 15 is 0 Å². The molecule has 0 radical (unpaired) electrons. The standard InChI is InChI=1S/C27H28O11/c1-10-22(30)14(29)7-17(37-10)38-16-9-27(35,11(2)28)8-13-19(16)26(34)21-20(24(13)32)23(31)12-5-4-6-15(36-3)18(12)25(21)33/h4-6,10,14,16-17,22,29-30,32,34-35H,7-9H2,1-3H3. The number of hydrogen-bond acceptors (Lipinski definition) is 11. The number of Topliss-reactive ketones (excluding diaryl/α,β-unsaturated/α-hetero) is 1. The monoisotopic (exact) mass is 528 g/mol. The van der Waals surface area contributed by atoms with Crippen LogP contribution in [0.1, 0.15) is 75.8 Å². The summed E-state index contributed by atoms with van der Waals surface area (Å²) in [7, 11) is 1.33. The molecule has 2 aromatic rings. The normalized spacial score (nSPS) is 30.3. The molecule has 0 aromatic heterocycles. The maximum atomic E-state index is 13.6. The van der Waals surface area contributed by atoms with E-state index in [0.29, 0.717) is 0 Å². The molecule has 3 aliphatic rings. The lowest BCUT2D eigenvalue weighted by atomic mass is 9.72. The molecule has 5 N–H and O–H groups in total. The van der Waals surface area contributed by atoms with Crippen LogP contribution < -0.4 is 4.74 Å². The first-order chi connectivity index (χ1) is 17.9. The van der Waals surface area contributed by atoms with Crippen LogP contribution in [0.3, 0.4) is 0 Å². The minimum atomic E-state index is -2.03. The number of ketones is 3. The molecule has 0 amide bonds. The third-order valence-corrected chi connectivity index (χ3v) is 7.72. The lowest BCUT2D eigenvalue weighted by Crippen LogP contribution is -2.49. The molecule has 1 fully saturated rings. The van der Waals surface area contributed by atoms with Gasteiger partial charge >= 0.3 is 0 Å². The zero-order valence-electron chi connectivity index (χ0n) is 20.9. The maximum Gasteiger partial charge on any atom is 0.202 e. The van der Waals surface area contributed by atoms with E-state index in [1.54, 1.807) is 0 Å². The average molecular weight is 529 g/mol. The van der Waals surface area contributed by atoms with Crippen molar-refractivity contribution in [1.82, 2.24) is 0 Å². The van der Waals surface area contributed by atoms with Gasteiger partial charge < -0.3 is 39.7 Å². The molecule has 0 spiro atoms. The molecule has 2 aliphatic carbocycles. The van der Waals surface area contributed by atoms with Crippen LogP contribution in [-0.2, 0) is 20.7 Å². The summed E-state index contributed by atoms with van der Waals surface area (Å²) in [6.07, 6.45) is -6.53. The van der Waals surface area contributed by atoms with Gasteiger partial charge in [-0.3, -0.25) is 14.4 Å². The fourth-order valence-electron chi connectivity index (χ4n) is 5.60. The number of aliphatic hydroxyl groups excluding tert-OH is 2. The highest BCUT2D eigenvalue weighted by molar-refractivity contribution is 6.31. The van der Waals surface area contributed by atoms with Crippen LogP contribution in [0.15, 0.2) is 18.2 Å². The Morgan fingerprint density at radius 3 is 2.39 bits per heavy atom. The quantitative estimate of drug-likeness (QED) is 0.306. The SMILES string of the molecule is COc1cccc2c1C(=O)c1c(O)c3c(c(O)c1C2=O)CC(O)(C(C)=O)CC3OC1CC(O)C(O)C(C)O1. The van der Waals surface area contributed by atoms with Gasteiger partial charge in [0.1, 0.15) is 29.0 Å². The first-order valence-electron chi connectivity index (χ1n) is 12.2. The number of methoxy groups -OCH3 is 1. The highest BCUT2D eigenvalue weighted by atomic mass is 16.7. The third-order valence-electron chi connectivity index (χ3n) is 7.72. The van der Waals surface area contributed by atoms with Gasteiger partial charge in [0.2, 0.25) is 5.78 Å². The Balaban J connectivity index is 1.68. The minimum absolute atomic E-state index is 0.0286. The number of fused-ring (bicyclic) bond motifs is 3. The summed E-state index contributed by atoms with van der Waals surface area (Å²) in [5, 5.41) is 54.1. The average Bonchev–Trinajstić information content (AvgIpc) is 2.87. The van der Waals surface area contributed by atoms with E-state index in [1.807, 2.05) is 0 Å². The summed E-state index contributed by atoms with van der Waals surface area (Å²) < 4.78 is 16.9. The Hall–Kier alpha value is -3.35. The van der Waals surface area contributed by atoms with Crippen molar-refractivity contribution >= 4 is 17.3 Å². The molecule has 0 saturated carbocycles. The Morgan fingerprint density at radius 2 is 1.76 bits per heavy atom. The number of benzene rings is 2. The number of carbonyl (C=O) groups excluding carboxylic acids is 3. The van der Waals surface area contributed by atoms with Crippen molar-refractivity contribution in [3.63, 3.8) is 0 Å². The smallest absolute Gasteiger partial charge is 0.202 e. The summed E-state index contributed by atoms with van der Waals surface area (Å²) in [4.78, 5) is 39.5. The number of phenolic OH excluding ortho intramolecular Hbond substituents is 2. The molecule has 11 heteroatoms. The number of ether oxygens (including phenoxy) is 3. The lowest BCUT2D eigenvalue weighted by molar-refractivity contribution is -0.265. The largest absolute Gasteiger partial charge is 0.507 e. The van der Waals surface area contributed by atoms with Crippen molar-refractivity contribution in [2.45, 2.75) is 69.4 Å². The number of hydrogen-bond donors (Lipinski definition) is 5. The second kappa shape index (κ2) is 9.14. The molecule has 1 heterocycles. The molecule has 38 heavy (non-hydrogen) atoms. The fourth-order valence-corrected chi connectivity index (χ4v) is 5.60. The van der Waals surface area contributed by atoms with E-state index < -0.39 is 82.7 Å². The lowest BCUT2D eigenvalue weighted by Gasteiger charge is -2.41. The molecule has 202 valence electrons. The van der Waals surface area contributed by atoms with Crippen LogP contribution in [0.5, 0.6) is 17.2 Å². The van der Waals surface area contributed by atoms with Crippen LogP contribution in [0.25, 0.3) is 0 Å². The summed E-state index contributed by atoms with van der Waals surface area (Å²) >= 11 is 0. The van der Waals surface area contributed by atoms with Gasteiger partial charge in [0.05, 0.1) is 42.1 Å². The highest BCUT2D eigenvalue weighted by Crippen LogP contribution is 2.52. The van der Waals surface area contributed by atoms with Crippen molar-refractivity contribution in [1.29, 1.82) is 0 Å². The van der Waals surface area contributed by atoms with Gasteiger partial charge in [-0.25, -0.2) is 0 Å². The molecular formula is C27H28O11. The second-order valence-corrected chi connectivity index (χ2v) is 10.0. The first kappa shape index (κ1) is 26.3. The second-order valence-electron chi connectivity index (χ2n) is 10.0. The molecule has 0 bridgehead atoms. The van der Waals surface area contributed by atoms with Crippen LogP contribution in [0, 0.1) is 0 Å². The Labute approximate surface area is 217 Å². The zero-order valence-corrected chi connectivity index (χ0v) is 20.9. The van der Waals surface area contributed by atoms with Crippen molar-refractivity contribution in [2.24, 2.45) is 0 Å². The van der Waals surface area contributed by atoms with E-state index in [4.69, 9.17) is 14.2 Å². The topological polar surface area (TPSA) is 180 Å². The predicted octanol–water partition coefficient (Wildman–Crippen LogP) is 1.06. The van der Waals surface area contributed by atoms with Gasteiger partial charge in [0, 0.05) is 36.0 Å². The third kappa shape index (κ3) is 3.81. The summed E-state index contributed by atoms with van der Waals surface area (Å²) in [6.45, 7) is 2.69. The van der Waals surface area contributed by atoms with Crippen LogP contribution in [0.2, 0.25) is 0 Å². The Morgan fingerprint density at radius 1 is 1.08 bits per heavy atom. The van der Waals surface area contributed by atoms with Crippen molar-refractivity contribution in [3.05, 3.63) is 51.6 Å². The minimum Gasteiger partial charge on any atom is -0.507 e. The highest BCUT2D eigenvalue weighted by Gasteiger charge is 2.49. The van der Waals surface area contributed by atoms with Gasteiger partial charge in [0.25, 0.3) is 0 Å². The van der Waals surface area contributed by atoms with Gasteiger partial charge in [-0.2, -0.15) is 0 Å². The van der Waals surface area contributed by atoms with E-state index in [1.165, 1.54) is 32.2 Å². The molecule has 5 rings (SSSR count). The van der Waals surface area contributed by atoms with Gasteiger partial charge in [0.15, 0.2) is 17.9 Å². The van der Waals surface area contributed by atoms with E-state index in [9.17, 15) is 39.9 Å². The molecule has 1 aliphatic heterocycles. The van der Waals surface area contributed by atoms with E-state index in [-0.39, 0.29) is 40.8 Å². The summed E-state index contributed by atoms with van der Waals surface area (Å²) in [6, 6.07) is 4.40. The van der Waals surface area contributed by atoms with Crippen LogP contribution >= 0.6 is 0 Å². The first-order valence-corrected chi connectivity index (χ1v) is 12.2. The number of aliphatic hydroxyl groups is 3. The van der Waals surface area contributed by atoms with Crippen LogP contribution in [-0.4, -0.2) is 80.2 Å². The Bertz CT molecular complexity index is 1350. The molecule has 11 nitrogen and oxygen atoms in total. The molecule has 1 saturated heterocycles. The molecule has 2 aromatic carbocycles. The van der Waals surface area contributed by atoms with Gasteiger partial charge in [-0.15, -0.1) is 0 Å². The van der Waals surface area contributed by atoms with E-state index in [2.05, 4.69) is 0 Å². The van der Waals surface area contributed by atoms with Crippen molar-refractivity contribution in [3.8, 4) is 17.2 Å². The van der Waals surface area contributed by atoms with Crippen molar-refractivity contribution in [2.75, 3.05) is 7.11 Å². The summed E-state index contributed by atoms with van der Waals surface area (Å²) in [5.74, 6) is -3.31. The molecule has 6 unspecified atom stereocenters. The number of phenols is 2. The molecular weight excluding hydrogens is 500 g/mol. The fraction of sp³-hybridized carbons (Fsp3) is 0.444. The predicted molar refractivity (Wildman–Crippen MR) is 128 cm³/mol. The Kier molecular flexibility index (Phi) is 6.32. The van der Waals surface area contributed by atoms with Gasteiger partial charge in [-0.05, 0) is 19.9 Å². The maximum absolute atomic E-state index is 13.6.